The Kier molecular flexibility index (Phi) is 3.07. The molecule has 100 valence electrons. The van der Waals surface area contributed by atoms with Crippen molar-refractivity contribution < 1.29 is 9.59 Å². The van der Waals surface area contributed by atoms with Crippen molar-refractivity contribution in [2.45, 2.75) is 6.54 Å². The third kappa shape index (κ3) is 2.15. The Morgan fingerprint density at radius 3 is 2.16 bits per heavy atom. The summed E-state index contributed by atoms with van der Waals surface area (Å²) in [6.45, 7) is 2.10. The molecule has 2 aliphatic rings. The minimum absolute atomic E-state index is 0.0337. The van der Waals surface area contributed by atoms with Crippen LogP contribution in [-0.4, -0.2) is 41.8 Å². The van der Waals surface area contributed by atoms with Gasteiger partial charge >= 0.3 is 0 Å². The number of halogens is 1. The number of amides is 2. The molecule has 4 nitrogen and oxygen atoms in total. The second-order valence-electron chi connectivity index (χ2n) is 5.27. The molecule has 2 heterocycles. The lowest BCUT2D eigenvalue weighted by Crippen LogP contribution is -2.32. The summed E-state index contributed by atoms with van der Waals surface area (Å²) >= 11 is 5.85. The van der Waals surface area contributed by atoms with Crippen LogP contribution >= 0.6 is 11.6 Å². The molecule has 0 radical (unpaired) electrons. The largest absolute Gasteiger partial charge is 0.297 e. The fraction of sp³-hybridized carbons (Fsp3) is 0.429. The van der Waals surface area contributed by atoms with Crippen molar-refractivity contribution in [1.29, 1.82) is 0 Å². The Labute approximate surface area is 116 Å². The van der Waals surface area contributed by atoms with E-state index in [-0.39, 0.29) is 23.7 Å². The molecule has 0 saturated carbocycles. The Morgan fingerprint density at radius 1 is 1.11 bits per heavy atom. The number of hydrogen-bond acceptors (Lipinski definition) is 3. The molecule has 1 aromatic rings. The van der Waals surface area contributed by atoms with Crippen molar-refractivity contribution >= 4 is 23.4 Å². The lowest BCUT2D eigenvalue weighted by Gasteiger charge is -2.18. The van der Waals surface area contributed by atoms with E-state index in [0.717, 1.165) is 12.1 Å². The third-order valence-electron chi connectivity index (χ3n) is 4.01. The topological polar surface area (TPSA) is 40.6 Å². The summed E-state index contributed by atoms with van der Waals surface area (Å²) in [6.07, 6.45) is 0. The number of imide groups is 1. The molecule has 2 saturated heterocycles. The minimum Gasteiger partial charge on any atom is -0.297 e. The van der Waals surface area contributed by atoms with E-state index in [0.29, 0.717) is 18.1 Å². The van der Waals surface area contributed by atoms with E-state index in [4.69, 9.17) is 11.6 Å². The molecule has 5 heteroatoms. The number of carbonyl (C=O) groups is 2. The first-order valence-electron chi connectivity index (χ1n) is 6.34. The number of likely N-dealkylation sites (tertiary alicyclic amines) is 2. The Morgan fingerprint density at radius 2 is 1.63 bits per heavy atom. The quantitative estimate of drug-likeness (QED) is 0.768. The predicted molar refractivity (Wildman–Crippen MR) is 71.5 cm³/mol. The molecule has 0 bridgehead atoms. The van der Waals surface area contributed by atoms with E-state index in [1.165, 1.54) is 4.90 Å². The van der Waals surface area contributed by atoms with Crippen LogP contribution in [0, 0.1) is 11.8 Å². The summed E-state index contributed by atoms with van der Waals surface area (Å²) in [6, 6.07) is 7.67. The average molecular weight is 279 g/mol. The van der Waals surface area contributed by atoms with Crippen LogP contribution in [0.3, 0.4) is 0 Å². The first-order chi connectivity index (χ1) is 9.06. The second kappa shape index (κ2) is 4.62. The first-order valence-corrected chi connectivity index (χ1v) is 6.72. The zero-order chi connectivity index (χ0) is 13.6. The van der Waals surface area contributed by atoms with E-state index in [9.17, 15) is 9.59 Å². The maximum atomic E-state index is 11.9. The van der Waals surface area contributed by atoms with Gasteiger partial charge in [0.15, 0.2) is 0 Å². The molecule has 0 spiro atoms. The molecule has 19 heavy (non-hydrogen) atoms. The van der Waals surface area contributed by atoms with Crippen LogP contribution in [0.5, 0.6) is 0 Å². The number of carbonyl (C=O) groups excluding carboxylic acids is 2. The minimum atomic E-state index is -0.148. The average Bonchev–Trinajstić information content (AvgIpc) is 2.89. The highest BCUT2D eigenvalue weighted by Gasteiger charge is 2.50. The number of hydrogen-bond donors (Lipinski definition) is 0. The number of fused-ring (bicyclic) bond motifs is 1. The van der Waals surface area contributed by atoms with E-state index >= 15 is 0 Å². The summed E-state index contributed by atoms with van der Waals surface area (Å²) in [5.74, 6) is -0.364. The van der Waals surface area contributed by atoms with Gasteiger partial charge in [-0.2, -0.15) is 0 Å². The summed E-state index contributed by atoms with van der Waals surface area (Å²) in [4.78, 5) is 27.2. The molecule has 2 atom stereocenters. The van der Waals surface area contributed by atoms with Gasteiger partial charge in [0, 0.05) is 31.7 Å². The fourth-order valence-corrected chi connectivity index (χ4v) is 3.09. The Balaban J connectivity index is 1.69. The van der Waals surface area contributed by atoms with E-state index < -0.39 is 0 Å². The SMILES string of the molecule is CN1C(=O)[C@H]2CN(Cc3ccc(Cl)cc3)C[C@H]2C1=O. The predicted octanol–water partition coefficient (Wildman–Crippen LogP) is 1.39. The molecule has 0 unspecified atom stereocenters. The molecule has 1 aromatic carbocycles. The van der Waals surface area contributed by atoms with Crippen molar-refractivity contribution in [3.8, 4) is 0 Å². The molecule has 0 aromatic heterocycles. The van der Waals surface area contributed by atoms with Crippen LogP contribution in [-0.2, 0) is 16.1 Å². The van der Waals surface area contributed by atoms with Crippen LogP contribution in [0.25, 0.3) is 0 Å². The first kappa shape index (κ1) is 12.6. The van der Waals surface area contributed by atoms with Crippen molar-refractivity contribution in [2.75, 3.05) is 20.1 Å². The van der Waals surface area contributed by atoms with E-state index in [1.807, 2.05) is 24.3 Å². The van der Waals surface area contributed by atoms with Crippen LogP contribution in [0.4, 0.5) is 0 Å². The number of rotatable bonds is 2. The second-order valence-corrected chi connectivity index (χ2v) is 5.71. The molecule has 2 amide bonds. The fourth-order valence-electron chi connectivity index (χ4n) is 2.97. The van der Waals surface area contributed by atoms with Crippen LogP contribution in [0.1, 0.15) is 5.56 Å². The summed E-state index contributed by atoms with van der Waals surface area (Å²) in [5, 5.41) is 0.717. The zero-order valence-electron chi connectivity index (χ0n) is 10.7. The highest BCUT2D eigenvalue weighted by Crippen LogP contribution is 2.33. The van der Waals surface area contributed by atoms with Gasteiger partial charge in [-0.05, 0) is 17.7 Å². The van der Waals surface area contributed by atoms with E-state index in [1.54, 1.807) is 7.05 Å². The van der Waals surface area contributed by atoms with Crippen molar-refractivity contribution in [3.63, 3.8) is 0 Å². The maximum Gasteiger partial charge on any atom is 0.234 e. The smallest absolute Gasteiger partial charge is 0.234 e. The highest BCUT2D eigenvalue weighted by molar-refractivity contribution is 6.30. The highest BCUT2D eigenvalue weighted by atomic mass is 35.5. The lowest BCUT2D eigenvalue weighted by molar-refractivity contribution is -0.138. The van der Waals surface area contributed by atoms with Gasteiger partial charge in [0.05, 0.1) is 11.8 Å². The Hall–Kier alpha value is -1.39. The van der Waals surface area contributed by atoms with Crippen LogP contribution in [0.2, 0.25) is 5.02 Å². The van der Waals surface area contributed by atoms with Crippen molar-refractivity contribution in [1.82, 2.24) is 9.80 Å². The van der Waals surface area contributed by atoms with Gasteiger partial charge in [0.2, 0.25) is 11.8 Å². The van der Waals surface area contributed by atoms with Gasteiger partial charge in [-0.25, -0.2) is 0 Å². The van der Waals surface area contributed by atoms with Gasteiger partial charge in [-0.3, -0.25) is 19.4 Å². The summed E-state index contributed by atoms with van der Waals surface area (Å²) in [7, 11) is 1.58. The van der Waals surface area contributed by atoms with Gasteiger partial charge < -0.3 is 0 Å². The van der Waals surface area contributed by atoms with Crippen LogP contribution < -0.4 is 0 Å². The summed E-state index contributed by atoms with van der Waals surface area (Å²) < 4.78 is 0. The van der Waals surface area contributed by atoms with Gasteiger partial charge in [0.25, 0.3) is 0 Å². The molecule has 2 fully saturated rings. The number of nitrogens with zero attached hydrogens (tertiary/aromatic N) is 2. The molecule has 2 aliphatic heterocycles. The van der Waals surface area contributed by atoms with E-state index in [2.05, 4.69) is 4.90 Å². The zero-order valence-corrected chi connectivity index (χ0v) is 11.4. The van der Waals surface area contributed by atoms with Gasteiger partial charge in [0.1, 0.15) is 0 Å². The maximum absolute atomic E-state index is 11.9. The standard InChI is InChI=1S/C14H15ClN2O2/c1-16-13(18)11-7-17(8-12(11)14(16)19)6-9-2-4-10(15)5-3-9/h2-5,11-12H,6-8H2,1H3/t11-,12+. The normalized spacial score (nSPS) is 27.2. The molecular weight excluding hydrogens is 264 g/mol. The molecule has 3 rings (SSSR count). The van der Waals surface area contributed by atoms with Gasteiger partial charge in [-0.15, -0.1) is 0 Å². The monoisotopic (exact) mass is 278 g/mol. The third-order valence-corrected chi connectivity index (χ3v) is 4.26. The van der Waals surface area contributed by atoms with Crippen LogP contribution in [0.15, 0.2) is 24.3 Å². The van der Waals surface area contributed by atoms with Crippen molar-refractivity contribution in [3.05, 3.63) is 34.9 Å². The van der Waals surface area contributed by atoms with Gasteiger partial charge in [-0.1, -0.05) is 23.7 Å². The van der Waals surface area contributed by atoms with Crippen molar-refractivity contribution in [2.24, 2.45) is 11.8 Å². The lowest BCUT2D eigenvalue weighted by atomic mass is 10.00. The molecule has 0 N–H and O–H groups in total. The molecular formula is C14H15ClN2O2. The summed E-state index contributed by atoms with van der Waals surface area (Å²) in [5.41, 5.74) is 1.15. The molecule has 0 aliphatic carbocycles. The Bertz CT molecular complexity index is 505. The number of benzene rings is 1.